The van der Waals surface area contributed by atoms with Crippen LogP contribution in [-0.4, -0.2) is 48.8 Å². The van der Waals surface area contributed by atoms with E-state index in [-0.39, 0.29) is 18.6 Å². The summed E-state index contributed by atoms with van der Waals surface area (Å²) in [6, 6.07) is 0. The molecule has 0 rings (SSSR count). The normalized spacial score (nSPS) is 12.5. The predicted octanol–water partition coefficient (Wildman–Crippen LogP) is 1.03. The van der Waals surface area contributed by atoms with Gasteiger partial charge in [0, 0.05) is 26.6 Å². The van der Waals surface area contributed by atoms with Gasteiger partial charge >= 0.3 is 0 Å². The van der Waals surface area contributed by atoms with Crippen molar-refractivity contribution in [1.29, 1.82) is 0 Å². The van der Waals surface area contributed by atoms with Crippen molar-refractivity contribution in [1.82, 2.24) is 4.90 Å². The minimum atomic E-state index is 0.0333. The van der Waals surface area contributed by atoms with E-state index in [1.807, 2.05) is 13.8 Å². The fraction of sp³-hybridized carbons (Fsp3) is 0.909. The quantitative estimate of drug-likeness (QED) is 0.660. The van der Waals surface area contributed by atoms with Gasteiger partial charge in [0.25, 0.3) is 0 Å². The van der Waals surface area contributed by atoms with Crippen LogP contribution >= 0.6 is 0 Å². The minimum Gasteiger partial charge on any atom is -0.395 e. The lowest BCUT2D eigenvalue weighted by molar-refractivity contribution is -0.132. The molecule has 1 atom stereocenters. The Kier molecular flexibility index (Phi) is 8.33. The van der Waals surface area contributed by atoms with E-state index >= 15 is 0 Å². The lowest BCUT2D eigenvalue weighted by Crippen LogP contribution is -2.34. The number of hydrogen-bond acceptors (Lipinski definition) is 3. The summed E-state index contributed by atoms with van der Waals surface area (Å²) >= 11 is 0. The second kappa shape index (κ2) is 8.68. The number of hydrogen-bond donors (Lipinski definition) is 1. The molecule has 0 radical (unpaired) electrons. The number of aliphatic hydroxyl groups is 1. The van der Waals surface area contributed by atoms with Crippen LogP contribution in [0, 0.1) is 0 Å². The summed E-state index contributed by atoms with van der Waals surface area (Å²) in [4.78, 5) is 13.4. The number of nitrogens with zero attached hydrogens (tertiary/aromatic N) is 1. The van der Waals surface area contributed by atoms with E-state index in [4.69, 9.17) is 9.84 Å². The molecule has 0 aliphatic carbocycles. The van der Waals surface area contributed by atoms with Crippen molar-refractivity contribution in [3.05, 3.63) is 0 Å². The smallest absolute Gasteiger partial charge is 0.222 e. The average molecular weight is 217 g/mol. The molecule has 0 fully saturated rings. The third-order valence-electron chi connectivity index (χ3n) is 2.38. The van der Waals surface area contributed by atoms with E-state index in [1.165, 1.54) is 0 Å². The van der Waals surface area contributed by atoms with Crippen LogP contribution < -0.4 is 0 Å². The van der Waals surface area contributed by atoms with Crippen LogP contribution in [0.2, 0.25) is 0 Å². The molecule has 0 heterocycles. The van der Waals surface area contributed by atoms with Gasteiger partial charge in [0.15, 0.2) is 0 Å². The third-order valence-corrected chi connectivity index (χ3v) is 2.38. The lowest BCUT2D eigenvalue weighted by Gasteiger charge is -2.21. The highest BCUT2D eigenvalue weighted by atomic mass is 16.5. The molecule has 0 saturated carbocycles. The van der Waals surface area contributed by atoms with Crippen LogP contribution in [0.5, 0.6) is 0 Å². The average Bonchev–Trinajstić information content (AvgIpc) is 2.25. The topological polar surface area (TPSA) is 49.8 Å². The molecular formula is C11H23NO3. The largest absolute Gasteiger partial charge is 0.395 e. The summed E-state index contributed by atoms with van der Waals surface area (Å²) in [5.41, 5.74) is 0. The van der Waals surface area contributed by atoms with Crippen LogP contribution in [0.1, 0.15) is 33.1 Å². The molecule has 15 heavy (non-hydrogen) atoms. The van der Waals surface area contributed by atoms with Gasteiger partial charge in [0.2, 0.25) is 5.91 Å². The summed E-state index contributed by atoms with van der Waals surface area (Å²) in [5, 5.41) is 8.82. The highest BCUT2D eigenvalue weighted by Crippen LogP contribution is 2.04. The number of carbonyl (C=O) groups is 1. The van der Waals surface area contributed by atoms with Crippen LogP contribution in [0.15, 0.2) is 0 Å². The number of methoxy groups -OCH3 is 1. The third kappa shape index (κ3) is 6.47. The summed E-state index contributed by atoms with van der Waals surface area (Å²) < 4.78 is 5.08. The van der Waals surface area contributed by atoms with Crippen LogP contribution in [0.25, 0.3) is 0 Å². The number of ether oxygens (including phenoxy) is 1. The Hall–Kier alpha value is -0.610. The molecule has 4 nitrogen and oxygen atoms in total. The van der Waals surface area contributed by atoms with Crippen molar-refractivity contribution in [2.45, 2.75) is 39.2 Å². The number of aliphatic hydroxyl groups excluding tert-OH is 1. The molecule has 1 unspecified atom stereocenters. The van der Waals surface area contributed by atoms with Gasteiger partial charge in [-0.15, -0.1) is 0 Å². The van der Waals surface area contributed by atoms with Gasteiger partial charge in [0.1, 0.15) is 0 Å². The fourth-order valence-electron chi connectivity index (χ4n) is 1.35. The zero-order chi connectivity index (χ0) is 11.7. The van der Waals surface area contributed by atoms with E-state index in [2.05, 4.69) is 0 Å². The first-order valence-electron chi connectivity index (χ1n) is 5.57. The fourth-order valence-corrected chi connectivity index (χ4v) is 1.35. The molecule has 1 N–H and O–H groups in total. The molecule has 90 valence electrons. The Morgan fingerprint density at radius 1 is 1.47 bits per heavy atom. The van der Waals surface area contributed by atoms with Gasteiger partial charge in [-0.25, -0.2) is 0 Å². The van der Waals surface area contributed by atoms with E-state index in [0.29, 0.717) is 13.0 Å². The van der Waals surface area contributed by atoms with Crippen LogP contribution in [0.4, 0.5) is 0 Å². The number of amides is 1. The van der Waals surface area contributed by atoms with Gasteiger partial charge in [-0.1, -0.05) is 6.92 Å². The van der Waals surface area contributed by atoms with Gasteiger partial charge in [-0.2, -0.15) is 0 Å². The standard InChI is InChI=1S/C11H23NO3/c1-4-7-12(8-9-13)11(14)6-5-10(2)15-3/h10,13H,4-9H2,1-3H3. The maximum atomic E-state index is 11.7. The highest BCUT2D eigenvalue weighted by molar-refractivity contribution is 5.76. The first-order chi connectivity index (χ1) is 7.15. The van der Waals surface area contributed by atoms with Crippen molar-refractivity contribution < 1.29 is 14.6 Å². The van der Waals surface area contributed by atoms with E-state index in [9.17, 15) is 4.79 Å². The maximum absolute atomic E-state index is 11.7. The van der Waals surface area contributed by atoms with Gasteiger partial charge in [-0.3, -0.25) is 4.79 Å². The molecule has 0 bridgehead atoms. The monoisotopic (exact) mass is 217 g/mol. The van der Waals surface area contributed by atoms with E-state index in [0.717, 1.165) is 19.4 Å². The predicted molar refractivity (Wildman–Crippen MR) is 59.7 cm³/mol. The van der Waals surface area contributed by atoms with Gasteiger partial charge < -0.3 is 14.7 Å². The Morgan fingerprint density at radius 2 is 2.13 bits per heavy atom. The second-order valence-corrected chi connectivity index (χ2v) is 3.69. The van der Waals surface area contributed by atoms with Gasteiger partial charge in [-0.05, 0) is 19.8 Å². The molecule has 0 saturated heterocycles. The number of carbonyl (C=O) groups excluding carboxylic acids is 1. The molecular weight excluding hydrogens is 194 g/mol. The summed E-state index contributed by atoms with van der Waals surface area (Å²) in [6.07, 6.45) is 2.27. The number of rotatable bonds is 8. The highest BCUT2D eigenvalue weighted by Gasteiger charge is 2.12. The Balaban J connectivity index is 3.90. The van der Waals surface area contributed by atoms with Crippen LogP contribution in [-0.2, 0) is 9.53 Å². The molecule has 0 aromatic rings. The maximum Gasteiger partial charge on any atom is 0.222 e. The molecule has 0 aliphatic rings. The van der Waals surface area contributed by atoms with E-state index in [1.54, 1.807) is 12.0 Å². The molecule has 0 aromatic carbocycles. The zero-order valence-corrected chi connectivity index (χ0v) is 10.0. The first-order valence-corrected chi connectivity index (χ1v) is 5.57. The molecule has 0 aliphatic heterocycles. The first kappa shape index (κ1) is 14.4. The molecule has 0 spiro atoms. The Labute approximate surface area is 92.2 Å². The van der Waals surface area contributed by atoms with Crippen molar-refractivity contribution in [3.8, 4) is 0 Å². The Bertz CT molecular complexity index is 167. The SMILES string of the molecule is CCCN(CCO)C(=O)CCC(C)OC. The van der Waals surface area contributed by atoms with Crippen molar-refractivity contribution in [2.75, 3.05) is 26.8 Å². The summed E-state index contributed by atoms with van der Waals surface area (Å²) in [7, 11) is 1.65. The summed E-state index contributed by atoms with van der Waals surface area (Å²) in [6.45, 7) is 5.17. The van der Waals surface area contributed by atoms with Crippen molar-refractivity contribution in [2.24, 2.45) is 0 Å². The minimum absolute atomic E-state index is 0.0333. The Morgan fingerprint density at radius 3 is 2.60 bits per heavy atom. The second-order valence-electron chi connectivity index (χ2n) is 3.69. The van der Waals surface area contributed by atoms with Crippen molar-refractivity contribution in [3.63, 3.8) is 0 Å². The van der Waals surface area contributed by atoms with E-state index < -0.39 is 0 Å². The lowest BCUT2D eigenvalue weighted by atomic mass is 10.2. The molecule has 4 heteroatoms. The molecule has 0 aromatic heterocycles. The van der Waals surface area contributed by atoms with Crippen molar-refractivity contribution >= 4 is 5.91 Å². The van der Waals surface area contributed by atoms with Crippen LogP contribution in [0.3, 0.4) is 0 Å². The zero-order valence-electron chi connectivity index (χ0n) is 10.0. The molecule has 1 amide bonds. The summed E-state index contributed by atoms with van der Waals surface area (Å²) in [5.74, 6) is 0.106. The van der Waals surface area contributed by atoms with Gasteiger partial charge in [0.05, 0.1) is 12.7 Å².